The van der Waals surface area contributed by atoms with Crippen LogP contribution in [-0.4, -0.2) is 28.9 Å². The van der Waals surface area contributed by atoms with Gasteiger partial charge in [0.2, 0.25) is 0 Å². The van der Waals surface area contributed by atoms with Crippen molar-refractivity contribution in [1.29, 1.82) is 0 Å². The lowest BCUT2D eigenvalue weighted by molar-refractivity contribution is -0.0770. The Morgan fingerprint density at radius 2 is 1.86 bits per heavy atom. The summed E-state index contributed by atoms with van der Waals surface area (Å²) in [5.41, 5.74) is 0.986. The van der Waals surface area contributed by atoms with Crippen LogP contribution in [0.1, 0.15) is 16.7 Å². The Balaban J connectivity index is 1.92. The standard InChI is InChI=1S/C17H15FN2O/c18-15-8-4-3-7-14(15)17(21)11-12-5-1-2-6-13(12)16-19-9-10-20(16)17/h1-8,21H,9-11H2/t17-/m1/s1. The summed E-state index contributed by atoms with van der Waals surface area (Å²) in [6.07, 6.45) is 0.364. The molecule has 2 heterocycles. The number of aliphatic imine (C=N–C) groups is 1. The zero-order valence-electron chi connectivity index (χ0n) is 11.5. The molecule has 1 N–H and O–H groups in total. The van der Waals surface area contributed by atoms with Crippen LogP contribution in [0.3, 0.4) is 0 Å². The summed E-state index contributed by atoms with van der Waals surface area (Å²) in [7, 11) is 0. The third kappa shape index (κ3) is 1.72. The van der Waals surface area contributed by atoms with Crippen molar-refractivity contribution in [3.63, 3.8) is 0 Å². The zero-order chi connectivity index (χ0) is 14.4. The molecule has 4 rings (SSSR count). The highest BCUT2D eigenvalue weighted by atomic mass is 19.1. The summed E-state index contributed by atoms with van der Waals surface area (Å²) >= 11 is 0. The van der Waals surface area contributed by atoms with E-state index in [0.29, 0.717) is 25.1 Å². The quantitative estimate of drug-likeness (QED) is 0.871. The van der Waals surface area contributed by atoms with Crippen LogP contribution in [0.5, 0.6) is 0 Å². The van der Waals surface area contributed by atoms with Crippen molar-refractivity contribution in [3.8, 4) is 0 Å². The summed E-state index contributed by atoms with van der Waals surface area (Å²) in [5.74, 6) is 0.383. The number of fused-ring (bicyclic) bond motifs is 3. The van der Waals surface area contributed by atoms with Crippen molar-refractivity contribution < 1.29 is 9.50 Å². The van der Waals surface area contributed by atoms with E-state index in [4.69, 9.17) is 0 Å². The van der Waals surface area contributed by atoms with Gasteiger partial charge in [-0.3, -0.25) is 4.99 Å². The fraction of sp³-hybridized carbons (Fsp3) is 0.235. The number of halogens is 1. The summed E-state index contributed by atoms with van der Waals surface area (Å²) < 4.78 is 14.2. The minimum absolute atomic E-state index is 0.314. The minimum atomic E-state index is -1.37. The lowest BCUT2D eigenvalue weighted by Gasteiger charge is -2.43. The number of hydrogen-bond acceptors (Lipinski definition) is 3. The molecule has 106 valence electrons. The Morgan fingerprint density at radius 1 is 1.10 bits per heavy atom. The van der Waals surface area contributed by atoms with Gasteiger partial charge in [0, 0.05) is 24.1 Å². The summed E-state index contributed by atoms with van der Waals surface area (Å²) in [6.45, 7) is 1.23. The van der Waals surface area contributed by atoms with E-state index in [1.807, 2.05) is 29.2 Å². The zero-order valence-corrected chi connectivity index (χ0v) is 11.5. The largest absolute Gasteiger partial charge is 0.366 e. The lowest BCUT2D eigenvalue weighted by atomic mass is 9.86. The van der Waals surface area contributed by atoms with Gasteiger partial charge < -0.3 is 10.0 Å². The molecular formula is C17H15FN2O. The van der Waals surface area contributed by atoms with E-state index in [1.54, 1.807) is 18.2 Å². The van der Waals surface area contributed by atoms with E-state index in [2.05, 4.69) is 4.99 Å². The molecule has 0 unspecified atom stereocenters. The predicted octanol–water partition coefficient (Wildman–Crippen LogP) is 2.29. The maximum Gasteiger partial charge on any atom is 0.172 e. The van der Waals surface area contributed by atoms with Crippen molar-refractivity contribution >= 4 is 5.84 Å². The SMILES string of the molecule is O[C@@]1(c2ccccc2F)Cc2ccccc2C2=NCCN21. The second-order valence-corrected chi connectivity index (χ2v) is 5.49. The summed E-state index contributed by atoms with van der Waals surface area (Å²) in [5, 5.41) is 11.2. The molecule has 2 aromatic carbocycles. The second-order valence-electron chi connectivity index (χ2n) is 5.49. The summed E-state index contributed by atoms with van der Waals surface area (Å²) in [6, 6.07) is 14.3. The molecule has 0 bridgehead atoms. The molecule has 0 spiro atoms. The Kier molecular flexibility index (Phi) is 2.62. The van der Waals surface area contributed by atoms with Gasteiger partial charge in [0.25, 0.3) is 0 Å². The third-order valence-electron chi connectivity index (χ3n) is 4.29. The number of aliphatic hydroxyl groups is 1. The van der Waals surface area contributed by atoms with Gasteiger partial charge in [-0.05, 0) is 11.6 Å². The van der Waals surface area contributed by atoms with E-state index >= 15 is 0 Å². The van der Waals surface area contributed by atoms with E-state index in [1.165, 1.54) is 6.07 Å². The van der Waals surface area contributed by atoms with E-state index in [0.717, 1.165) is 17.0 Å². The molecule has 1 atom stereocenters. The van der Waals surface area contributed by atoms with Crippen LogP contribution in [0.25, 0.3) is 0 Å². The van der Waals surface area contributed by atoms with Crippen molar-refractivity contribution in [1.82, 2.24) is 4.90 Å². The fourth-order valence-corrected chi connectivity index (χ4v) is 3.32. The maximum absolute atomic E-state index is 14.2. The second kappa shape index (κ2) is 4.40. The third-order valence-corrected chi connectivity index (χ3v) is 4.29. The molecule has 0 aromatic heterocycles. The van der Waals surface area contributed by atoms with Gasteiger partial charge in [0.15, 0.2) is 5.72 Å². The van der Waals surface area contributed by atoms with Gasteiger partial charge in [-0.15, -0.1) is 0 Å². The first-order valence-corrected chi connectivity index (χ1v) is 7.08. The molecular weight excluding hydrogens is 267 g/mol. The monoisotopic (exact) mass is 282 g/mol. The molecule has 0 saturated carbocycles. The van der Waals surface area contributed by atoms with Crippen molar-refractivity contribution in [2.75, 3.05) is 13.1 Å². The van der Waals surface area contributed by atoms with Gasteiger partial charge in [0.1, 0.15) is 11.7 Å². The molecule has 0 saturated heterocycles. The first kappa shape index (κ1) is 12.5. The minimum Gasteiger partial charge on any atom is -0.366 e. The Morgan fingerprint density at radius 3 is 2.71 bits per heavy atom. The highest BCUT2D eigenvalue weighted by molar-refractivity contribution is 6.02. The van der Waals surface area contributed by atoms with E-state index in [-0.39, 0.29) is 5.82 Å². The number of nitrogens with zero attached hydrogens (tertiary/aromatic N) is 2. The molecule has 2 aliphatic heterocycles. The Hall–Kier alpha value is -2.20. The number of benzene rings is 2. The van der Waals surface area contributed by atoms with Gasteiger partial charge in [0.05, 0.1) is 6.54 Å². The maximum atomic E-state index is 14.2. The topological polar surface area (TPSA) is 35.8 Å². The molecule has 0 amide bonds. The van der Waals surface area contributed by atoms with Crippen LogP contribution < -0.4 is 0 Å². The first-order chi connectivity index (χ1) is 10.2. The smallest absolute Gasteiger partial charge is 0.172 e. The Labute approximate surface area is 122 Å². The molecule has 0 fully saturated rings. The van der Waals surface area contributed by atoms with Crippen LogP contribution >= 0.6 is 0 Å². The van der Waals surface area contributed by atoms with Gasteiger partial charge in [-0.1, -0.05) is 42.5 Å². The summed E-state index contributed by atoms with van der Waals surface area (Å²) in [4.78, 5) is 6.34. The number of amidine groups is 1. The average molecular weight is 282 g/mol. The van der Waals surface area contributed by atoms with E-state index < -0.39 is 5.72 Å². The van der Waals surface area contributed by atoms with Crippen LogP contribution in [-0.2, 0) is 12.1 Å². The molecule has 0 aliphatic carbocycles. The van der Waals surface area contributed by atoms with E-state index in [9.17, 15) is 9.50 Å². The van der Waals surface area contributed by atoms with Gasteiger partial charge in [-0.25, -0.2) is 4.39 Å². The van der Waals surface area contributed by atoms with Crippen LogP contribution in [0, 0.1) is 5.82 Å². The molecule has 4 heteroatoms. The molecule has 0 radical (unpaired) electrons. The highest BCUT2D eigenvalue weighted by Gasteiger charge is 2.46. The van der Waals surface area contributed by atoms with Gasteiger partial charge in [-0.2, -0.15) is 0 Å². The normalized spacial score (nSPS) is 23.5. The van der Waals surface area contributed by atoms with Crippen LogP contribution in [0.15, 0.2) is 53.5 Å². The van der Waals surface area contributed by atoms with Gasteiger partial charge >= 0.3 is 0 Å². The van der Waals surface area contributed by atoms with Crippen molar-refractivity contribution in [3.05, 3.63) is 71.0 Å². The van der Waals surface area contributed by atoms with Crippen LogP contribution in [0.2, 0.25) is 0 Å². The molecule has 2 aliphatic rings. The fourth-order valence-electron chi connectivity index (χ4n) is 3.32. The first-order valence-electron chi connectivity index (χ1n) is 7.08. The average Bonchev–Trinajstić information content (AvgIpc) is 2.98. The van der Waals surface area contributed by atoms with Crippen molar-refractivity contribution in [2.24, 2.45) is 4.99 Å². The number of rotatable bonds is 1. The molecule has 21 heavy (non-hydrogen) atoms. The lowest BCUT2D eigenvalue weighted by Crippen LogP contribution is -2.53. The predicted molar refractivity (Wildman–Crippen MR) is 78.6 cm³/mol. The van der Waals surface area contributed by atoms with Crippen LogP contribution in [0.4, 0.5) is 4.39 Å². The molecule has 2 aromatic rings. The van der Waals surface area contributed by atoms with Crippen molar-refractivity contribution in [2.45, 2.75) is 12.1 Å². The number of hydrogen-bond donors (Lipinski definition) is 1. The Bertz CT molecular complexity index is 743. The highest BCUT2D eigenvalue weighted by Crippen LogP contribution is 2.39. The molecule has 3 nitrogen and oxygen atoms in total.